The monoisotopic (exact) mass is 253 g/mol. The third kappa shape index (κ3) is 5.69. The third-order valence-electron chi connectivity index (χ3n) is 3.45. The molecule has 1 aromatic rings. The molecular weight excluding hydrogens is 226 g/mol. The number of nitrogens with one attached hydrogen (secondary N) is 1. The normalized spacial score (nSPS) is 15.8. The molecule has 1 N–H and O–H groups in total. The van der Waals surface area contributed by atoms with Crippen LogP contribution in [-0.4, -0.2) is 12.1 Å². The fourth-order valence-electron chi connectivity index (χ4n) is 1.75. The molecule has 2 heteroatoms. The zero-order valence-electron chi connectivity index (χ0n) is 12.0. The summed E-state index contributed by atoms with van der Waals surface area (Å²) in [5, 5.41) is 5.82. The van der Waals surface area contributed by atoms with E-state index in [0.29, 0.717) is 5.41 Å². The Morgan fingerprint density at radius 2 is 1.94 bits per heavy atom. The third-order valence-corrected chi connectivity index (χ3v) is 4.39. The van der Waals surface area contributed by atoms with Gasteiger partial charge in [-0.1, -0.05) is 19.9 Å². The molecular formula is C15H27NS. The molecule has 0 fully saturated rings. The lowest BCUT2D eigenvalue weighted by Crippen LogP contribution is -2.42. The molecule has 0 spiro atoms. The highest BCUT2D eigenvalue weighted by atomic mass is 32.1. The fraction of sp³-hybridized carbons (Fsp3) is 0.733. The fourth-order valence-corrected chi connectivity index (χ4v) is 2.46. The number of hydrogen-bond acceptors (Lipinski definition) is 2. The first-order valence-electron chi connectivity index (χ1n) is 6.62. The largest absolute Gasteiger partial charge is 0.312 e. The molecule has 0 amide bonds. The minimum atomic E-state index is 0.222. The number of aryl methyl sites for hydroxylation is 1. The van der Waals surface area contributed by atoms with Gasteiger partial charge in [0, 0.05) is 17.0 Å². The number of thiophene rings is 1. The second-order valence-corrected chi connectivity index (χ2v) is 7.38. The molecule has 0 radical (unpaired) electrons. The van der Waals surface area contributed by atoms with Crippen LogP contribution in [0.3, 0.4) is 0 Å². The summed E-state index contributed by atoms with van der Waals surface area (Å²) in [6.07, 6.45) is 3.72. The Labute approximate surface area is 111 Å². The maximum atomic E-state index is 3.65. The molecule has 1 aromatic heterocycles. The lowest BCUT2D eigenvalue weighted by molar-refractivity contribution is 0.240. The minimum absolute atomic E-state index is 0.222. The van der Waals surface area contributed by atoms with Crippen molar-refractivity contribution < 1.29 is 0 Å². The summed E-state index contributed by atoms with van der Waals surface area (Å²) in [6.45, 7) is 12.5. The van der Waals surface area contributed by atoms with Crippen LogP contribution in [-0.2, 0) is 6.42 Å². The number of rotatable bonds is 6. The first kappa shape index (κ1) is 14.7. The number of hydrogen-bond donors (Lipinski definition) is 1. The predicted molar refractivity (Wildman–Crippen MR) is 78.8 cm³/mol. The van der Waals surface area contributed by atoms with E-state index >= 15 is 0 Å². The van der Waals surface area contributed by atoms with E-state index in [4.69, 9.17) is 0 Å². The molecule has 0 saturated heterocycles. The van der Waals surface area contributed by atoms with Crippen LogP contribution in [0, 0.1) is 5.41 Å². The minimum Gasteiger partial charge on any atom is -0.312 e. The quantitative estimate of drug-likeness (QED) is 0.788. The van der Waals surface area contributed by atoms with E-state index in [2.05, 4.69) is 57.4 Å². The van der Waals surface area contributed by atoms with Crippen LogP contribution < -0.4 is 5.32 Å². The summed E-state index contributed by atoms with van der Waals surface area (Å²) in [6, 6.07) is 4.40. The molecule has 17 heavy (non-hydrogen) atoms. The van der Waals surface area contributed by atoms with Crippen molar-refractivity contribution in [1.82, 2.24) is 5.32 Å². The molecule has 0 aliphatic rings. The van der Waals surface area contributed by atoms with Gasteiger partial charge >= 0.3 is 0 Å². The van der Waals surface area contributed by atoms with Crippen LogP contribution in [0.1, 0.15) is 52.3 Å². The van der Waals surface area contributed by atoms with Crippen LogP contribution in [0.15, 0.2) is 17.5 Å². The van der Waals surface area contributed by atoms with Gasteiger partial charge < -0.3 is 5.32 Å². The van der Waals surface area contributed by atoms with Gasteiger partial charge in [0.15, 0.2) is 0 Å². The van der Waals surface area contributed by atoms with Crippen molar-refractivity contribution in [3.63, 3.8) is 0 Å². The second-order valence-electron chi connectivity index (χ2n) is 6.35. The van der Waals surface area contributed by atoms with Gasteiger partial charge in [-0.15, -0.1) is 11.3 Å². The maximum absolute atomic E-state index is 3.65. The molecule has 0 aromatic carbocycles. The summed E-state index contributed by atoms with van der Waals surface area (Å²) in [4.78, 5) is 1.51. The molecule has 98 valence electrons. The van der Waals surface area contributed by atoms with Gasteiger partial charge in [-0.05, 0) is 56.9 Å². The summed E-state index contributed by atoms with van der Waals surface area (Å²) >= 11 is 1.88. The summed E-state index contributed by atoms with van der Waals surface area (Å²) in [5.74, 6) is 0. The van der Waals surface area contributed by atoms with Crippen LogP contribution in [0.2, 0.25) is 0 Å². The van der Waals surface area contributed by atoms with Crippen molar-refractivity contribution in [2.45, 2.75) is 59.4 Å². The van der Waals surface area contributed by atoms with Crippen LogP contribution in [0.4, 0.5) is 0 Å². The van der Waals surface area contributed by atoms with Gasteiger partial charge in [0.05, 0.1) is 0 Å². The van der Waals surface area contributed by atoms with Gasteiger partial charge in [-0.2, -0.15) is 0 Å². The van der Waals surface area contributed by atoms with Gasteiger partial charge in [-0.25, -0.2) is 0 Å². The average Bonchev–Trinajstić information content (AvgIpc) is 2.76. The van der Waals surface area contributed by atoms with Crippen molar-refractivity contribution in [3.8, 4) is 0 Å². The molecule has 1 unspecified atom stereocenters. The Morgan fingerprint density at radius 1 is 1.24 bits per heavy atom. The van der Waals surface area contributed by atoms with Crippen molar-refractivity contribution in [3.05, 3.63) is 22.4 Å². The SMILES string of the molecule is CCC(C)(CCc1cccs1)CNC(C)(C)C. The zero-order valence-corrected chi connectivity index (χ0v) is 12.8. The highest BCUT2D eigenvalue weighted by molar-refractivity contribution is 7.09. The zero-order chi connectivity index (χ0) is 12.9. The van der Waals surface area contributed by atoms with E-state index < -0.39 is 0 Å². The Kier molecular flexibility index (Phi) is 5.21. The van der Waals surface area contributed by atoms with E-state index in [-0.39, 0.29) is 5.54 Å². The topological polar surface area (TPSA) is 12.0 Å². The molecule has 1 rings (SSSR count). The predicted octanol–water partition coefficient (Wildman–Crippen LogP) is 4.49. The van der Waals surface area contributed by atoms with Gasteiger partial charge in [-0.3, -0.25) is 0 Å². The Morgan fingerprint density at radius 3 is 2.41 bits per heavy atom. The molecule has 1 atom stereocenters. The van der Waals surface area contributed by atoms with E-state index in [0.717, 1.165) is 6.54 Å². The highest BCUT2D eigenvalue weighted by Gasteiger charge is 2.24. The van der Waals surface area contributed by atoms with Gasteiger partial charge in [0.25, 0.3) is 0 Å². The smallest absolute Gasteiger partial charge is 0.00967 e. The van der Waals surface area contributed by atoms with Gasteiger partial charge in [0.1, 0.15) is 0 Å². The van der Waals surface area contributed by atoms with Crippen LogP contribution in [0.5, 0.6) is 0 Å². The van der Waals surface area contributed by atoms with Crippen molar-refractivity contribution >= 4 is 11.3 Å². The molecule has 1 heterocycles. The summed E-state index contributed by atoms with van der Waals surface area (Å²) in [5.41, 5.74) is 0.636. The first-order chi connectivity index (χ1) is 7.85. The Hall–Kier alpha value is -0.340. The second kappa shape index (κ2) is 6.01. The lowest BCUT2D eigenvalue weighted by Gasteiger charge is -2.33. The van der Waals surface area contributed by atoms with Crippen molar-refractivity contribution in [1.29, 1.82) is 0 Å². The van der Waals surface area contributed by atoms with Crippen molar-refractivity contribution in [2.75, 3.05) is 6.54 Å². The highest BCUT2D eigenvalue weighted by Crippen LogP contribution is 2.28. The van der Waals surface area contributed by atoms with Crippen molar-refractivity contribution in [2.24, 2.45) is 5.41 Å². The standard InChI is InChI=1S/C15H27NS/c1-6-15(5,12-16-14(2,3)4)10-9-13-8-7-11-17-13/h7-8,11,16H,6,9-10,12H2,1-5H3. The Bertz CT molecular complexity index is 310. The Balaban J connectivity index is 2.44. The van der Waals surface area contributed by atoms with E-state index in [9.17, 15) is 0 Å². The summed E-state index contributed by atoms with van der Waals surface area (Å²) in [7, 11) is 0. The van der Waals surface area contributed by atoms with Crippen LogP contribution in [0.25, 0.3) is 0 Å². The molecule has 0 aliphatic carbocycles. The molecule has 0 saturated carbocycles. The van der Waals surface area contributed by atoms with E-state index in [1.54, 1.807) is 0 Å². The van der Waals surface area contributed by atoms with E-state index in [1.807, 2.05) is 11.3 Å². The van der Waals surface area contributed by atoms with Crippen LogP contribution >= 0.6 is 11.3 Å². The van der Waals surface area contributed by atoms with Gasteiger partial charge in [0.2, 0.25) is 0 Å². The first-order valence-corrected chi connectivity index (χ1v) is 7.50. The summed E-state index contributed by atoms with van der Waals surface area (Å²) < 4.78 is 0. The molecule has 0 bridgehead atoms. The average molecular weight is 253 g/mol. The molecule has 0 aliphatic heterocycles. The van der Waals surface area contributed by atoms with E-state index in [1.165, 1.54) is 24.1 Å². The lowest BCUT2D eigenvalue weighted by atomic mass is 9.82. The maximum Gasteiger partial charge on any atom is 0.00967 e. The molecule has 1 nitrogen and oxygen atoms in total.